The first-order valence-corrected chi connectivity index (χ1v) is 4.89. The number of carboxylic acid groups (broad SMARTS) is 1. The Morgan fingerprint density at radius 3 is 2.73 bits per heavy atom. The van der Waals surface area contributed by atoms with Gasteiger partial charge < -0.3 is 15.7 Å². The van der Waals surface area contributed by atoms with Gasteiger partial charge in [-0.1, -0.05) is 22.0 Å². The quantitative estimate of drug-likeness (QED) is 0.783. The molecule has 1 aromatic rings. The fourth-order valence-corrected chi connectivity index (χ4v) is 1.30. The maximum absolute atomic E-state index is 11.1. The Labute approximate surface area is 94.6 Å². The maximum atomic E-state index is 11.1. The second-order valence-electron chi connectivity index (χ2n) is 2.71. The topological polar surface area (TPSA) is 78.4 Å². The SMILES string of the molecule is O=C(O)CNC(=O)Nc1cccc(Br)c1. The molecule has 80 valence electrons. The van der Waals surface area contributed by atoms with Gasteiger partial charge in [0.2, 0.25) is 0 Å². The lowest BCUT2D eigenvalue weighted by Gasteiger charge is -2.05. The number of nitrogens with one attached hydrogen (secondary N) is 2. The van der Waals surface area contributed by atoms with Crippen molar-refractivity contribution in [3.05, 3.63) is 28.7 Å². The molecular weight excluding hydrogens is 264 g/mol. The molecule has 0 aromatic heterocycles. The Kier molecular flexibility index (Phi) is 4.11. The second kappa shape index (κ2) is 5.35. The summed E-state index contributed by atoms with van der Waals surface area (Å²) in [6.45, 7) is -0.403. The molecular formula is C9H9BrN2O3. The van der Waals surface area contributed by atoms with Gasteiger partial charge in [-0.05, 0) is 18.2 Å². The molecule has 0 radical (unpaired) electrons. The third kappa shape index (κ3) is 4.46. The van der Waals surface area contributed by atoms with Crippen molar-refractivity contribution in [1.82, 2.24) is 5.32 Å². The van der Waals surface area contributed by atoms with E-state index >= 15 is 0 Å². The van der Waals surface area contributed by atoms with Crippen molar-refractivity contribution >= 4 is 33.6 Å². The van der Waals surface area contributed by atoms with Gasteiger partial charge >= 0.3 is 12.0 Å². The van der Waals surface area contributed by atoms with E-state index in [1.165, 1.54) is 0 Å². The lowest BCUT2D eigenvalue weighted by atomic mass is 10.3. The number of amides is 2. The summed E-state index contributed by atoms with van der Waals surface area (Å²) in [5.41, 5.74) is 0.590. The molecule has 0 unspecified atom stereocenters. The fraction of sp³-hybridized carbons (Fsp3) is 0.111. The predicted octanol–water partition coefficient (Wildman–Crippen LogP) is 1.66. The molecule has 0 spiro atoms. The van der Waals surface area contributed by atoms with Crippen molar-refractivity contribution in [3.63, 3.8) is 0 Å². The van der Waals surface area contributed by atoms with Gasteiger partial charge in [0.1, 0.15) is 6.54 Å². The van der Waals surface area contributed by atoms with E-state index in [1.807, 2.05) is 6.07 Å². The van der Waals surface area contributed by atoms with Crippen LogP contribution in [0.3, 0.4) is 0 Å². The largest absolute Gasteiger partial charge is 0.480 e. The van der Waals surface area contributed by atoms with E-state index in [0.29, 0.717) is 5.69 Å². The van der Waals surface area contributed by atoms with Crippen molar-refractivity contribution in [3.8, 4) is 0 Å². The number of benzene rings is 1. The number of hydrogen-bond donors (Lipinski definition) is 3. The summed E-state index contributed by atoms with van der Waals surface area (Å²) >= 11 is 3.25. The molecule has 6 heteroatoms. The molecule has 0 aliphatic rings. The van der Waals surface area contributed by atoms with Crippen LogP contribution in [0, 0.1) is 0 Å². The minimum absolute atomic E-state index is 0.403. The number of carboxylic acids is 1. The minimum Gasteiger partial charge on any atom is -0.480 e. The summed E-state index contributed by atoms with van der Waals surface area (Å²) in [6.07, 6.45) is 0. The van der Waals surface area contributed by atoms with Gasteiger partial charge in [-0.15, -0.1) is 0 Å². The number of carbonyl (C=O) groups is 2. The van der Waals surface area contributed by atoms with E-state index in [1.54, 1.807) is 18.2 Å². The summed E-state index contributed by atoms with van der Waals surface area (Å²) in [6, 6.07) is 6.44. The van der Waals surface area contributed by atoms with Crippen LogP contribution < -0.4 is 10.6 Å². The molecule has 0 atom stereocenters. The van der Waals surface area contributed by atoms with Crippen LogP contribution in [0.25, 0.3) is 0 Å². The summed E-state index contributed by atoms with van der Waals surface area (Å²) < 4.78 is 0.832. The average Bonchev–Trinajstić information content (AvgIpc) is 2.15. The van der Waals surface area contributed by atoms with Gasteiger partial charge in [0, 0.05) is 10.2 Å². The molecule has 2 amide bonds. The van der Waals surface area contributed by atoms with Gasteiger partial charge in [0.15, 0.2) is 0 Å². The zero-order valence-electron chi connectivity index (χ0n) is 7.66. The molecule has 1 rings (SSSR count). The van der Waals surface area contributed by atoms with E-state index < -0.39 is 18.5 Å². The minimum atomic E-state index is -1.08. The highest BCUT2D eigenvalue weighted by atomic mass is 79.9. The monoisotopic (exact) mass is 272 g/mol. The Hall–Kier alpha value is -1.56. The number of aliphatic carboxylic acids is 1. The Morgan fingerprint density at radius 2 is 2.13 bits per heavy atom. The van der Waals surface area contributed by atoms with Crippen LogP contribution in [0.15, 0.2) is 28.7 Å². The summed E-state index contributed by atoms with van der Waals surface area (Å²) in [4.78, 5) is 21.3. The van der Waals surface area contributed by atoms with Crippen LogP contribution in [-0.4, -0.2) is 23.7 Å². The van der Waals surface area contributed by atoms with Gasteiger partial charge in [0.25, 0.3) is 0 Å². The Morgan fingerprint density at radius 1 is 1.40 bits per heavy atom. The van der Waals surface area contributed by atoms with Gasteiger partial charge in [-0.3, -0.25) is 4.79 Å². The van der Waals surface area contributed by atoms with Crippen LogP contribution in [0.1, 0.15) is 0 Å². The Balaban J connectivity index is 2.48. The molecule has 0 heterocycles. The number of rotatable bonds is 3. The second-order valence-corrected chi connectivity index (χ2v) is 3.63. The van der Waals surface area contributed by atoms with E-state index in [4.69, 9.17) is 5.11 Å². The molecule has 0 fully saturated rings. The van der Waals surface area contributed by atoms with Crippen molar-refractivity contribution in [2.24, 2.45) is 0 Å². The molecule has 0 aliphatic heterocycles. The molecule has 0 aliphatic carbocycles. The summed E-state index contributed by atoms with van der Waals surface area (Å²) in [5.74, 6) is -1.08. The van der Waals surface area contributed by atoms with E-state index in [2.05, 4.69) is 26.6 Å². The molecule has 0 bridgehead atoms. The predicted molar refractivity (Wildman–Crippen MR) is 58.8 cm³/mol. The van der Waals surface area contributed by atoms with Crippen LogP contribution >= 0.6 is 15.9 Å². The van der Waals surface area contributed by atoms with Crippen LogP contribution in [0.5, 0.6) is 0 Å². The summed E-state index contributed by atoms with van der Waals surface area (Å²) in [7, 11) is 0. The third-order valence-corrected chi connectivity index (χ3v) is 1.98. The first-order chi connectivity index (χ1) is 7.08. The number of anilines is 1. The highest BCUT2D eigenvalue weighted by Crippen LogP contribution is 2.15. The van der Waals surface area contributed by atoms with E-state index in [-0.39, 0.29) is 0 Å². The Bertz CT molecular complexity index is 381. The standard InChI is InChI=1S/C9H9BrN2O3/c10-6-2-1-3-7(4-6)12-9(15)11-5-8(13)14/h1-4H,5H2,(H,13,14)(H2,11,12,15). The lowest BCUT2D eigenvalue weighted by Crippen LogP contribution is -2.33. The molecule has 15 heavy (non-hydrogen) atoms. The van der Waals surface area contributed by atoms with Crippen LogP contribution in [0.4, 0.5) is 10.5 Å². The first kappa shape index (κ1) is 11.5. The first-order valence-electron chi connectivity index (χ1n) is 4.10. The van der Waals surface area contributed by atoms with Crippen molar-refractivity contribution in [2.45, 2.75) is 0 Å². The van der Waals surface area contributed by atoms with Crippen molar-refractivity contribution < 1.29 is 14.7 Å². The third-order valence-electron chi connectivity index (χ3n) is 1.48. The highest BCUT2D eigenvalue weighted by molar-refractivity contribution is 9.10. The molecule has 0 saturated heterocycles. The summed E-state index contributed by atoms with van der Waals surface area (Å²) in [5, 5.41) is 13.0. The van der Waals surface area contributed by atoms with E-state index in [9.17, 15) is 9.59 Å². The maximum Gasteiger partial charge on any atom is 0.323 e. The van der Waals surface area contributed by atoms with Gasteiger partial charge in [-0.25, -0.2) is 4.79 Å². The molecule has 0 saturated carbocycles. The lowest BCUT2D eigenvalue weighted by molar-refractivity contribution is -0.135. The van der Waals surface area contributed by atoms with Crippen LogP contribution in [0.2, 0.25) is 0 Å². The smallest absolute Gasteiger partial charge is 0.323 e. The highest BCUT2D eigenvalue weighted by Gasteiger charge is 2.03. The molecule has 1 aromatic carbocycles. The number of hydrogen-bond acceptors (Lipinski definition) is 2. The van der Waals surface area contributed by atoms with Gasteiger partial charge in [-0.2, -0.15) is 0 Å². The average molecular weight is 273 g/mol. The van der Waals surface area contributed by atoms with E-state index in [0.717, 1.165) is 4.47 Å². The molecule has 5 nitrogen and oxygen atoms in total. The number of halogens is 1. The molecule has 3 N–H and O–H groups in total. The fourth-order valence-electron chi connectivity index (χ4n) is 0.897. The normalized spacial score (nSPS) is 9.40. The van der Waals surface area contributed by atoms with Crippen LogP contribution in [-0.2, 0) is 4.79 Å². The zero-order chi connectivity index (χ0) is 11.3. The van der Waals surface area contributed by atoms with Gasteiger partial charge in [0.05, 0.1) is 0 Å². The van der Waals surface area contributed by atoms with Crippen molar-refractivity contribution in [1.29, 1.82) is 0 Å². The number of carbonyl (C=O) groups excluding carboxylic acids is 1. The number of urea groups is 1. The van der Waals surface area contributed by atoms with Crippen molar-refractivity contribution in [2.75, 3.05) is 11.9 Å². The zero-order valence-corrected chi connectivity index (χ0v) is 9.24.